The van der Waals surface area contributed by atoms with Crippen LogP contribution in [-0.4, -0.2) is 30.9 Å². The molecule has 2 aromatic rings. The summed E-state index contributed by atoms with van der Waals surface area (Å²) < 4.78 is 43.3. The Morgan fingerprint density at radius 2 is 1.97 bits per heavy atom. The molecule has 1 aromatic heterocycles. The molecule has 1 N–H and O–H groups in total. The van der Waals surface area contributed by atoms with Crippen LogP contribution < -0.4 is 15.1 Å². The number of likely N-dealkylation sites (N-methyl/N-ethyl adjacent to an activating group) is 1. The zero-order valence-electron chi connectivity index (χ0n) is 16.9. The second kappa shape index (κ2) is 7.42. The monoisotopic (exact) mass is 404 g/mol. The van der Waals surface area contributed by atoms with E-state index in [2.05, 4.69) is 47.3 Å². The second-order valence-electron chi connectivity index (χ2n) is 7.45. The zero-order valence-corrected chi connectivity index (χ0v) is 16.9. The van der Waals surface area contributed by atoms with Crippen molar-refractivity contribution in [2.75, 3.05) is 24.5 Å². The Balaban J connectivity index is 1.85. The van der Waals surface area contributed by atoms with Crippen LogP contribution in [0.15, 0.2) is 41.6 Å². The van der Waals surface area contributed by atoms with Crippen LogP contribution in [0.5, 0.6) is 5.75 Å². The predicted molar refractivity (Wildman–Crippen MR) is 110 cm³/mol. The number of nitrogens with one attached hydrogen (secondary N) is 1. The first kappa shape index (κ1) is 20.7. The molecule has 1 aliphatic heterocycles. The number of hydrogen-bond donors (Lipinski definition) is 1. The van der Waals surface area contributed by atoms with Crippen LogP contribution in [0.25, 0.3) is 5.57 Å². The van der Waals surface area contributed by atoms with Crippen LogP contribution in [0.2, 0.25) is 0 Å². The van der Waals surface area contributed by atoms with E-state index >= 15 is 0 Å². The number of anilines is 2. The highest BCUT2D eigenvalue weighted by Crippen LogP contribution is 2.40. The van der Waals surface area contributed by atoms with E-state index in [-0.39, 0.29) is 11.4 Å². The molecular formula is C21H23F3N4O. The first-order chi connectivity index (χ1) is 13.5. The van der Waals surface area contributed by atoms with Gasteiger partial charge in [-0.3, -0.25) is 5.43 Å². The number of rotatable bonds is 4. The summed E-state index contributed by atoms with van der Waals surface area (Å²) in [6.07, 6.45) is 0.111. The first-order valence-electron chi connectivity index (χ1n) is 9.01. The van der Waals surface area contributed by atoms with E-state index in [0.29, 0.717) is 5.75 Å². The van der Waals surface area contributed by atoms with Gasteiger partial charge in [0, 0.05) is 36.1 Å². The number of methoxy groups -OCH3 is 1. The maximum absolute atomic E-state index is 12.6. The van der Waals surface area contributed by atoms with Gasteiger partial charge in [0.15, 0.2) is 0 Å². The minimum absolute atomic E-state index is 0.118. The first-order valence-corrected chi connectivity index (χ1v) is 9.01. The standard InChI is InChI=1S/C21H23F3N4O/c1-13-10-20(2,3)28(4)17-9-18(29-5)14(8-16(13)17)11-26-27-19-7-6-15(12-25-19)21(22,23)24/h6-12H,1-5H3,(H,25,27)/b26-11+. The molecule has 2 heterocycles. The smallest absolute Gasteiger partial charge is 0.417 e. The maximum atomic E-state index is 12.6. The number of benzene rings is 1. The molecule has 0 amide bonds. The maximum Gasteiger partial charge on any atom is 0.417 e. The summed E-state index contributed by atoms with van der Waals surface area (Å²) in [5, 5.41) is 4.10. The van der Waals surface area contributed by atoms with Gasteiger partial charge < -0.3 is 9.64 Å². The highest BCUT2D eigenvalue weighted by molar-refractivity contribution is 5.91. The Morgan fingerprint density at radius 3 is 2.55 bits per heavy atom. The highest BCUT2D eigenvalue weighted by Gasteiger charge is 2.31. The minimum atomic E-state index is -4.42. The molecule has 0 aliphatic carbocycles. The van der Waals surface area contributed by atoms with E-state index < -0.39 is 11.7 Å². The molecule has 0 saturated carbocycles. The van der Waals surface area contributed by atoms with Crippen molar-refractivity contribution in [3.05, 3.63) is 53.2 Å². The van der Waals surface area contributed by atoms with Crippen molar-refractivity contribution in [1.82, 2.24) is 4.98 Å². The van der Waals surface area contributed by atoms with Crippen LogP contribution in [0, 0.1) is 0 Å². The summed E-state index contributed by atoms with van der Waals surface area (Å²) in [5.41, 5.74) is 5.74. The summed E-state index contributed by atoms with van der Waals surface area (Å²) >= 11 is 0. The Hall–Kier alpha value is -3.03. The molecule has 0 saturated heterocycles. The number of aromatic nitrogens is 1. The van der Waals surface area contributed by atoms with Crippen LogP contribution >= 0.6 is 0 Å². The van der Waals surface area contributed by atoms with E-state index in [9.17, 15) is 13.2 Å². The van der Waals surface area contributed by atoms with Gasteiger partial charge in [0.05, 0.1) is 24.4 Å². The Morgan fingerprint density at radius 1 is 1.24 bits per heavy atom. The van der Waals surface area contributed by atoms with E-state index in [1.807, 2.05) is 19.2 Å². The average molecular weight is 404 g/mol. The fourth-order valence-electron chi connectivity index (χ4n) is 3.27. The normalized spacial score (nSPS) is 15.9. The SMILES string of the molecule is COc1cc2c(cc1/C=N/Nc1ccc(C(F)(F)F)cn1)C(C)=CC(C)(C)N2C. The molecule has 3 rings (SSSR count). The number of hydrogen-bond acceptors (Lipinski definition) is 5. The lowest BCUT2D eigenvalue weighted by molar-refractivity contribution is -0.137. The molecular weight excluding hydrogens is 381 g/mol. The van der Waals surface area contributed by atoms with Gasteiger partial charge in [0.25, 0.3) is 0 Å². The predicted octanol–water partition coefficient (Wildman–Crippen LogP) is 5.19. The minimum Gasteiger partial charge on any atom is -0.496 e. The Labute approximate surface area is 167 Å². The molecule has 0 atom stereocenters. The molecule has 0 unspecified atom stereocenters. The fourth-order valence-corrected chi connectivity index (χ4v) is 3.27. The number of hydrazone groups is 1. The summed E-state index contributed by atoms with van der Waals surface area (Å²) in [7, 11) is 3.62. The van der Waals surface area contributed by atoms with Crippen molar-refractivity contribution in [3.63, 3.8) is 0 Å². The van der Waals surface area contributed by atoms with Crippen molar-refractivity contribution in [2.24, 2.45) is 5.10 Å². The Bertz CT molecular complexity index is 963. The third kappa shape index (κ3) is 4.21. The molecule has 0 spiro atoms. The largest absolute Gasteiger partial charge is 0.496 e. The van der Waals surface area contributed by atoms with Gasteiger partial charge in [-0.05, 0) is 44.5 Å². The summed E-state index contributed by atoms with van der Waals surface area (Å²) in [6.45, 7) is 6.34. The molecule has 1 aromatic carbocycles. The van der Waals surface area contributed by atoms with Crippen LogP contribution in [0.4, 0.5) is 24.7 Å². The van der Waals surface area contributed by atoms with Crippen molar-refractivity contribution in [3.8, 4) is 5.75 Å². The fraction of sp³-hybridized carbons (Fsp3) is 0.333. The third-order valence-corrected chi connectivity index (χ3v) is 5.04. The quantitative estimate of drug-likeness (QED) is 0.563. The van der Waals surface area contributed by atoms with Gasteiger partial charge in [-0.1, -0.05) is 6.08 Å². The number of ether oxygens (including phenoxy) is 1. The molecule has 5 nitrogen and oxygen atoms in total. The van der Waals surface area contributed by atoms with E-state index in [4.69, 9.17) is 4.74 Å². The number of allylic oxidation sites excluding steroid dienone is 1. The molecule has 29 heavy (non-hydrogen) atoms. The molecule has 0 radical (unpaired) electrons. The van der Waals surface area contributed by atoms with Gasteiger partial charge in [-0.2, -0.15) is 18.3 Å². The van der Waals surface area contributed by atoms with Gasteiger partial charge in [-0.25, -0.2) is 4.98 Å². The lowest BCUT2D eigenvalue weighted by Crippen LogP contribution is -2.42. The van der Waals surface area contributed by atoms with Crippen molar-refractivity contribution >= 4 is 23.3 Å². The van der Waals surface area contributed by atoms with Gasteiger partial charge >= 0.3 is 6.18 Å². The average Bonchev–Trinajstić information content (AvgIpc) is 2.65. The number of alkyl halides is 3. The van der Waals surface area contributed by atoms with E-state index in [1.54, 1.807) is 13.3 Å². The molecule has 0 fully saturated rings. The summed E-state index contributed by atoms with van der Waals surface area (Å²) in [4.78, 5) is 5.92. The van der Waals surface area contributed by atoms with Crippen LogP contribution in [-0.2, 0) is 6.18 Å². The number of halogens is 3. The number of pyridine rings is 1. The number of nitrogens with zero attached hydrogens (tertiary/aromatic N) is 3. The van der Waals surface area contributed by atoms with Crippen molar-refractivity contribution in [2.45, 2.75) is 32.5 Å². The van der Waals surface area contributed by atoms with E-state index in [1.165, 1.54) is 6.07 Å². The lowest BCUT2D eigenvalue weighted by Gasteiger charge is -2.40. The highest BCUT2D eigenvalue weighted by atomic mass is 19.4. The van der Waals surface area contributed by atoms with Crippen LogP contribution in [0.1, 0.15) is 37.5 Å². The van der Waals surface area contributed by atoms with Crippen molar-refractivity contribution < 1.29 is 17.9 Å². The Kier molecular flexibility index (Phi) is 5.30. The van der Waals surface area contributed by atoms with Gasteiger partial charge in [0.1, 0.15) is 11.6 Å². The molecule has 154 valence electrons. The second-order valence-corrected chi connectivity index (χ2v) is 7.45. The van der Waals surface area contributed by atoms with Gasteiger partial charge in [-0.15, -0.1) is 0 Å². The summed E-state index contributed by atoms with van der Waals surface area (Å²) in [5.74, 6) is 0.857. The van der Waals surface area contributed by atoms with Gasteiger partial charge in [0.2, 0.25) is 0 Å². The zero-order chi connectivity index (χ0) is 21.4. The third-order valence-electron chi connectivity index (χ3n) is 5.04. The van der Waals surface area contributed by atoms with Crippen molar-refractivity contribution in [1.29, 1.82) is 0 Å². The van der Waals surface area contributed by atoms with Crippen LogP contribution in [0.3, 0.4) is 0 Å². The molecule has 8 heteroatoms. The topological polar surface area (TPSA) is 49.8 Å². The molecule has 1 aliphatic rings. The molecule has 0 bridgehead atoms. The summed E-state index contributed by atoms with van der Waals surface area (Å²) in [6, 6.07) is 6.13. The number of fused-ring (bicyclic) bond motifs is 1. The van der Waals surface area contributed by atoms with E-state index in [0.717, 1.165) is 34.7 Å². The lowest BCUT2D eigenvalue weighted by atomic mass is 9.88.